The fourth-order valence-electron chi connectivity index (χ4n) is 3.08. The second-order valence-electron chi connectivity index (χ2n) is 5.92. The number of ether oxygens (including phenoxy) is 1. The van der Waals surface area contributed by atoms with Gasteiger partial charge in [0.25, 0.3) is 0 Å². The molecule has 0 fully saturated rings. The second-order valence-corrected chi connectivity index (χ2v) is 7.81. The van der Waals surface area contributed by atoms with E-state index in [-0.39, 0.29) is 4.90 Å². The number of rotatable bonds is 4. The first-order valence-electron chi connectivity index (χ1n) is 8.16. The molecule has 0 saturated heterocycles. The van der Waals surface area contributed by atoms with Crippen LogP contribution < -0.4 is 4.74 Å². The number of para-hydroxylation sites is 1. The van der Waals surface area contributed by atoms with Crippen molar-refractivity contribution in [2.75, 3.05) is 7.11 Å². The monoisotopic (exact) mass is 363 g/mol. The van der Waals surface area contributed by atoms with Gasteiger partial charge in [0.15, 0.2) is 0 Å². The van der Waals surface area contributed by atoms with Crippen LogP contribution in [0, 0.1) is 0 Å². The largest absolute Gasteiger partial charge is 0.497 e. The zero-order valence-electron chi connectivity index (χ0n) is 14.1. The molecule has 4 nitrogen and oxygen atoms in total. The van der Waals surface area contributed by atoms with Crippen LogP contribution in [0.15, 0.2) is 88.7 Å². The van der Waals surface area contributed by atoms with Gasteiger partial charge in [-0.05, 0) is 35.9 Å². The average Bonchev–Trinajstić information content (AvgIpc) is 3.09. The van der Waals surface area contributed by atoms with E-state index in [0.29, 0.717) is 21.7 Å². The summed E-state index contributed by atoms with van der Waals surface area (Å²) in [5.41, 5.74) is 2.22. The van der Waals surface area contributed by atoms with Crippen molar-refractivity contribution in [3.8, 4) is 17.0 Å². The smallest absolute Gasteiger partial charge is 0.209 e. The number of benzene rings is 3. The highest BCUT2D eigenvalue weighted by Crippen LogP contribution is 2.37. The van der Waals surface area contributed by atoms with Gasteiger partial charge in [0.1, 0.15) is 10.6 Å². The van der Waals surface area contributed by atoms with Gasteiger partial charge in [-0.1, -0.05) is 48.5 Å². The quantitative estimate of drug-likeness (QED) is 0.573. The van der Waals surface area contributed by atoms with E-state index < -0.39 is 9.84 Å². The molecule has 0 spiro atoms. The maximum atomic E-state index is 13.4. The third kappa shape index (κ3) is 2.66. The Bertz CT molecular complexity index is 1160. The summed E-state index contributed by atoms with van der Waals surface area (Å²) in [6, 6.07) is 23.4. The molecule has 26 heavy (non-hydrogen) atoms. The van der Waals surface area contributed by atoms with Crippen LogP contribution in [-0.4, -0.2) is 20.5 Å². The highest BCUT2D eigenvalue weighted by atomic mass is 32.2. The molecule has 4 aromatic rings. The van der Waals surface area contributed by atoms with Gasteiger partial charge in [0, 0.05) is 10.9 Å². The number of methoxy groups -OCH3 is 1. The number of hydrogen-bond acceptors (Lipinski definition) is 3. The zero-order chi connectivity index (χ0) is 18.1. The molecule has 0 aliphatic rings. The van der Waals surface area contributed by atoms with Crippen molar-refractivity contribution in [3.05, 3.63) is 78.9 Å². The lowest BCUT2D eigenvalue weighted by Crippen LogP contribution is -2.03. The Morgan fingerprint density at radius 2 is 1.46 bits per heavy atom. The van der Waals surface area contributed by atoms with Gasteiger partial charge in [0.05, 0.1) is 17.7 Å². The fourth-order valence-corrected chi connectivity index (χ4v) is 4.71. The molecule has 0 atom stereocenters. The SMILES string of the molecule is COc1ccc(S(=O)(=O)c2c(-c3ccccc3)[nH]c3ccccc23)cc1. The minimum Gasteiger partial charge on any atom is -0.497 e. The molecule has 0 aliphatic heterocycles. The van der Waals surface area contributed by atoms with Crippen LogP contribution in [0.25, 0.3) is 22.2 Å². The summed E-state index contributed by atoms with van der Waals surface area (Å²) in [4.78, 5) is 3.81. The summed E-state index contributed by atoms with van der Waals surface area (Å²) < 4.78 is 32.0. The number of nitrogens with one attached hydrogen (secondary N) is 1. The lowest BCUT2D eigenvalue weighted by atomic mass is 10.1. The van der Waals surface area contributed by atoms with Crippen LogP contribution in [0.1, 0.15) is 0 Å². The molecule has 0 aliphatic carbocycles. The number of H-pyrrole nitrogens is 1. The predicted molar refractivity (Wildman–Crippen MR) is 102 cm³/mol. The third-order valence-electron chi connectivity index (χ3n) is 4.36. The number of sulfone groups is 1. The summed E-state index contributed by atoms with van der Waals surface area (Å²) in [6.07, 6.45) is 0. The number of hydrogen-bond donors (Lipinski definition) is 1. The predicted octanol–water partition coefficient (Wildman–Crippen LogP) is 4.68. The van der Waals surface area contributed by atoms with E-state index in [4.69, 9.17) is 4.74 Å². The third-order valence-corrected chi connectivity index (χ3v) is 6.21. The maximum absolute atomic E-state index is 13.4. The van der Waals surface area contributed by atoms with E-state index >= 15 is 0 Å². The summed E-state index contributed by atoms with van der Waals surface area (Å²) in [7, 11) is -2.16. The van der Waals surface area contributed by atoms with Crippen molar-refractivity contribution in [1.29, 1.82) is 0 Å². The minimum atomic E-state index is -3.71. The first kappa shape index (κ1) is 16.4. The summed E-state index contributed by atoms with van der Waals surface area (Å²) in [6.45, 7) is 0. The molecule has 4 rings (SSSR count). The molecular weight excluding hydrogens is 346 g/mol. The van der Waals surface area contributed by atoms with Crippen LogP contribution in [0.3, 0.4) is 0 Å². The molecular formula is C21H17NO3S. The van der Waals surface area contributed by atoms with Gasteiger partial charge in [-0.2, -0.15) is 0 Å². The Kier molecular flexibility index (Phi) is 4.01. The van der Waals surface area contributed by atoms with Crippen molar-refractivity contribution in [2.24, 2.45) is 0 Å². The molecule has 1 heterocycles. The summed E-state index contributed by atoms with van der Waals surface area (Å²) in [5, 5.41) is 0.683. The lowest BCUT2D eigenvalue weighted by Gasteiger charge is -2.08. The van der Waals surface area contributed by atoms with E-state index in [1.165, 1.54) is 0 Å². The molecule has 3 aromatic carbocycles. The Hall–Kier alpha value is -3.05. The molecule has 0 amide bonds. The van der Waals surface area contributed by atoms with Crippen molar-refractivity contribution in [2.45, 2.75) is 9.79 Å². The zero-order valence-corrected chi connectivity index (χ0v) is 15.0. The average molecular weight is 363 g/mol. The summed E-state index contributed by atoms with van der Waals surface area (Å²) in [5.74, 6) is 0.617. The molecule has 5 heteroatoms. The van der Waals surface area contributed by atoms with Crippen LogP contribution in [0.2, 0.25) is 0 Å². The highest BCUT2D eigenvalue weighted by molar-refractivity contribution is 7.91. The molecule has 0 saturated carbocycles. The van der Waals surface area contributed by atoms with Crippen LogP contribution >= 0.6 is 0 Å². The topological polar surface area (TPSA) is 59.2 Å². The molecule has 1 N–H and O–H groups in total. The van der Waals surface area contributed by atoms with Gasteiger partial charge in [0.2, 0.25) is 9.84 Å². The molecule has 0 unspecified atom stereocenters. The van der Waals surface area contributed by atoms with E-state index in [9.17, 15) is 8.42 Å². The van der Waals surface area contributed by atoms with Gasteiger partial charge in [-0.3, -0.25) is 0 Å². The molecule has 1 aromatic heterocycles. The minimum absolute atomic E-state index is 0.236. The molecule has 0 radical (unpaired) electrons. The summed E-state index contributed by atoms with van der Waals surface area (Å²) >= 11 is 0. The lowest BCUT2D eigenvalue weighted by molar-refractivity contribution is 0.414. The first-order valence-corrected chi connectivity index (χ1v) is 9.65. The molecule has 130 valence electrons. The molecule has 0 bridgehead atoms. The van der Waals surface area contributed by atoms with Gasteiger partial charge in [-0.25, -0.2) is 8.42 Å². The van der Waals surface area contributed by atoms with E-state index in [1.807, 2.05) is 54.6 Å². The first-order chi connectivity index (χ1) is 12.6. The van der Waals surface area contributed by atoms with E-state index in [0.717, 1.165) is 11.1 Å². The highest BCUT2D eigenvalue weighted by Gasteiger charge is 2.26. The fraction of sp³-hybridized carbons (Fsp3) is 0.0476. The van der Waals surface area contributed by atoms with Crippen LogP contribution in [0.5, 0.6) is 5.75 Å². The Morgan fingerprint density at radius 3 is 2.15 bits per heavy atom. The van der Waals surface area contributed by atoms with E-state index in [1.54, 1.807) is 31.4 Å². The van der Waals surface area contributed by atoms with Crippen molar-refractivity contribution in [1.82, 2.24) is 4.98 Å². The Balaban J connectivity index is 2.00. The van der Waals surface area contributed by atoms with Gasteiger partial charge < -0.3 is 9.72 Å². The number of fused-ring (bicyclic) bond motifs is 1. The number of aromatic amines is 1. The van der Waals surface area contributed by atoms with Crippen molar-refractivity contribution in [3.63, 3.8) is 0 Å². The van der Waals surface area contributed by atoms with Gasteiger partial charge >= 0.3 is 0 Å². The Labute approximate surface area is 152 Å². The van der Waals surface area contributed by atoms with Crippen molar-refractivity contribution < 1.29 is 13.2 Å². The Morgan fingerprint density at radius 1 is 0.808 bits per heavy atom. The number of aromatic nitrogens is 1. The van der Waals surface area contributed by atoms with Gasteiger partial charge in [-0.15, -0.1) is 0 Å². The van der Waals surface area contributed by atoms with Crippen LogP contribution in [-0.2, 0) is 9.84 Å². The second kappa shape index (κ2) is 6.35. The standard InChI is InChI=1S/C21H17NO3S/c1-25-16-11-13-17(14-12-16)26(23,24)21-18-9-5-6-10-19(18)22-20(21)15-7-3-2-4-8-15/h2-14,22H,1H3. The normalized spacial score (nSPS) is 11.6. The van der Waals surface area contributed by atoms with E-state index in [2.05, 4.69) is 4.98 Å². The maximum Gasteiger partial charge on any atom is 0.209 e. The van der Waals surface area contributed by atoms with Crippen molar-refractivity contribution >= 4 is 20.7 Å². The van der Waals surface area contributed by atoms with Crippen LogP contribution in [0.4, 0.5) is 0 Å².